The molecule has 0 bridgehead atoms. The quantitative estimate of drug-likeness (QED) is 0.690. The standard InChI is InChI=1S/C10H18F2N2/c1-14-4-2-3-8(6-14)9-5-13-7-10(9,11)12/h8-9,13H,2-7H2,1H3. The zero-order valence-electron chi connectivity index (χ0n) is 8.60. The molecule has 2 aliphatic heterocycles. The molecule has 2 saturated heterocycles. The molecule has 14 heavy (non-hydrogen) atoms. The Hall–Kier alpha value is -0.220. The van der Waals surface area contributed by atoms with Crippen LogP contribution in [0.1, 0.15) is 12.8 Å². The molecule has 2 unspecified atom stereocenters. The molecule has 2 aliphatic rings. The summed E-state index contributed by atoms with van der Waals surface area (Å²) in [6.45, 7) is 2.26. The molecule has 2 nitrogen and oxygen atoms in total. The van der Waals surface area contributed by atoms with Crippen molar-refractivity contribution in [3.8, 4) is 0 Å². The number of likely N-dealkylation sites (tertiary alicyclic amines) is 1. The molecule has 0 spiro atoms. The second kappa shape index (κ2) is 3.74. The van der Waals surface area contributed by atoms with Gasteiger partial charge in [-0.15, -0.1) is 0 Å². The highest BCUT2D eigenvalue weighted by Gasteiger charge is 2.48. The fraction of sp³-hybridized carbons (Fsp3) is 1.00. The van der Waals surface area contributed by atoms with Crippen molar-refractivity contribution in [2.24, 2.45) is 11.8 Å². The van der Waals surface area contributed by atoms with Crippen molar-refractivity contribution in [3.63, 3.8) is 0 Å². The number of hydrogen-bond donors (Lipinski definition) is 1. The molecule has 0 aliphatic carbocycles. The summed E-state index contributed by atoms with van der Waals surface area (Å²) in [5.41, 5.74) is 0. The average Bonchev–Trinajstić information content (AvgIpc) is 2.45. The van der Waals surface area contributed by atoms with E-state index in [-0.39, 0.29) is 12.5 Å². The molecule has 0 aromatic carbocycles. The number of nitrogens with zero attached hydrogens (tertiary/aromatic N) is 1. The van der Waals surface area contributed by atoms with Gasteiger partial charge in [0.25, 0.3) is 5.92 Å². The summed E-state index contributed by atoms with van der Waals surface area (Å²) < 4.78 is 26.9. The van der Waals surface area contributed by atoms with Crippen LogP contribution in [0.25, 0.3) is 0 Å². The Morgan fingerprint density at radius 2 is 2.21 bits per heavy atom. The van der Waals surface area contributed by atoms with E-state index >= 15 is 0 Å². The Bertz CT molecular complexity index is 208. The van der Waals surface area contributed by atoms with Gasteiger partial charge in [-0.25, -0.2) is 8.78 Å². The lowest BCUT2D eigenvalue weighted by Crippen LogP contribution is -2.41. The molecular weight excluding hydrogens is 186 g/mol. The first-order valence-electron chi connectivity index (χ1n) is 5.37. The molecule has 0 aromatic rings. The topological polar surface area (TPSA) is 15.3 Å². The van der Waals surface area contributed by atoms with Gasteiger partial charge in [-0.1, -0.05) is 0 Å². The van der Waals surface area contributed by atoms with Crippen LogP contribution in [0.5, 0.6) is 0 Å². The van der Waals surface area contributed by atoms with Crippen LogP contribution in [0.4, 0.5) is 8.78 Å². The Labute approximate surface area is 83.7 Å². The fourth-order valence-corrected chi connectivity index (χ4v) is 2.72. The second-order valence-corrected chi connectivity index (χ2v) is 4.66. The lowest BCUT2D eigenvalue weighted by Gasteiger charge is -2.35. The summed E-state index contributed by atoms with van der Waals surface area (Å²) in [7, 11) is 2.02. The van der Waals surface area contributed by atoms with Gasteiger partial charge in [0.2, 0.25) is 0 Å². The van der Waals surface area contributed by atoms with E-state index < -0.39 is 11.8 Å². The number of alkyl halides is 2. The molecular formula is C10H18F2N2. The summed E-state index contributed by atoms with van der Waals surface area (Å²) in [6, 6.07) is 0. The number of halogens is 2. The molecule has 2 heterocycles. The molecule has 2 fully saturated rings. The summed E-state index contributed by atoms with van der Waals surface area (Å²) >= 11 is 0. The SMILES string of the molecule is CN1CCCC(C2CNCC2(F)F)C1. The first kappa shape index (κ1) is 10.3. The van der Waals surface area contributed by atoms with Gasteiger partial charge in [0.15, 0.2) is 0 Å². The number of nitrogens with one attached hydrogen (secondary N) is 1. The third-order valence-corrected chi connectivity index (χ3v) is 3.50. The van der Waals surface area contributed by atoms with E-state index in [9.17, 15) is 8.78 Å². The van der Waals surface area contributed by atoms with Crippen molar-refractivity contribution in [1.29, 1.82) is 0 Å². The third kappa shape index (κ3) is 1.91. The van der Waals surface area contributed by atoms with E-state index in [1.165, 1.54) is 0 Å². The van der Waals surface area contributed by atoms with Gasteiger partial charge < -0.3 is 10.2 Å². The Balaban J connectivity index is 2.00. The number of piperidine rings is 1. The molecule has 2 atom stereocenters. The molecule has 0 aromatic heterocycles. The molecule has 0 radical (unpaired) electrons. The maximum absolute atomic E-state index is 13.4. The van der Waals surface area contributed by atoms with E-state index in [1.807, 2.05) is 7.05 Å². The van der Waals surface area contributed by atoms with Gasteiger partial charge in [0.05, 0.1) is 6.54 Å². The molecule has 4 heteroatoms. The van der Waals surface area contributed by atoms with Crippen LogP contribution in [-0.4, -0.2) is 44.0 Å². The van der Waals surface area contributed by atoms with E-state index in [1.54, 1.807) is 0 Å². The maximum Gasteiger partial charge on any atom is 0.264 e. The highest BCUT2D eigenvalue weighted by Crippen LogP contribution is 2.37. The predicted molar refractivity (Wildman–Crippen MR) is 51.5 cm³/mol. The lowest BCUT2D eigenvalue weighted by atomic mass is 9.83. The van der Waals surface area contributed by atoms with Gasteiger partial charge in [0, 0.05) is 19.0 Å². The predicted octanol–water partition coefficient (Wildman–Crippen LogP) is 1.18. The minimum absolute atomic E-state index is 0.127. The molecule has 82 valence electrons. The zero-order valence-corrected chi connectivity index (χ0v) is 8.60. The maximum atomic E-state index is 13.4. The third-order valence-electron chi connectivity index (χ3n) is 3.50. The summed E-state index contributed by atoms with van der Waals surface area (Å²) in [4.78, 5) is 2.17. The second-order valence-electron chi connectivity index (χ2n) is 4.66. The molecule has 2 rings (SSSR count). The van der Waals surface area contributed by atoms with E-state index in [0.717, 1.165) is 25.9 Å². The summed E-state index contributed by atoms with van der Waals surface area (Å²) in [5, 5.41) is 2.81. The normalized spacial score (nSPS) is 38.8. The Kier molecular flexibility index (Phi) is 2.75. The Morgan fingerprint density at radius 1 is 1.43 bits per heavy atom. The van der Waals surface area contributed by atoms with Gasteiger partial charge in [-0.3, -0.25) is 0 Å². The zero-order chi connectivity index (χ0) is 10.2. The van der Waals surface area contributed by atoms with Gasteiger partial charge in [-0.05, 0) is 32.4 Å². The first-order valence-corrected chi connectivity index (χ1v) is 5.37. The van der Waals surface area contributed by atoms with Crippen molar-refractivity contribution in [1.82, 2.24) is 10.2 Å². The van der Waals surface area contributed by atoms with E-state index in [2.05, 4.69) is 10.2 Å². The highest BCUT2D eigenvalue weighted by atomic mass is 19.3. The molecule has 0 amide bonds. The number of hydrogen-bond acceptors (Lipinski definition) is 2. The largest absolute Gasteiger partial charge is 0.311 e. The van der Waals surface area contributed by atoms with Gasteiger partial charge in [0.1, 0.15) is 0 Å². The van der Waals surface area contributed by atoms with Gasteiger partial charge >= 0.3 is 0 Å². The van der Waals surface area contributed by atoms with E-state index in [0.29, 0.717) is 6.54 Å². The first-order chi connectivity index (χ1) is 6.59. The summed E-state index contributed by atoms with van der Waals surface area (Å²) in [5.74, 6) is -2.74. The van der Waals surface area contributed by atoms with Crippen LogP contribution < -0.4 is 5.32 Å². The molecule has 0 saturated carbocycles. The molecule has 1 N–H and O–H groups in total. The monoisotopic (exact) mass is 204 g/mol. The van der Waals surface area contributed by atoms with Crippen molar-refractivity contribution < 1.29 is 8.78 Å². The van der Waals surface area contributed by atoms with Crippen LogP contribution in [0.15, 0.2) is 0 Å². The van der Waals surface area contributed by atoms with Crippen molar-refractivity contribution in [2.75, 3.05) is 33.2 Å². The van der Waals surface area contributed by atoms with Crippen molar-refractivity contribution in [3.05, 3.63) is 0 Å². The van der Waals surface area contributed by atoms with Crippen LogP contribution >= 0.6 is 0 Å². The van der Waals surface area contributed by atoms with Crippen LogP contribution in [0.2, 0.25) is 0 Å². The minimum Gasteiger partial charge on any atom is -0.311 e. The lowest BCUT2D eigenvalue weighted by molar-refractivity contribution is -0.0537. The Morgan fingerprint density at radius 3 is 2.79 bits per heavy atom. The summed E-state index contributed by atoms with van der Waals surface area (Å²) in [6.07, 6.45) is 2.03. The smallest absolute Gasteiger partial charge is 0.264 e. The average molecular weight is 204 g/mol. The van der Waals surface area contributed by atoms with Crippen LogP contribution in [0, 0.1) is 11.8 Å². The van der Waals surface area contributed by atoms with Gasteiger partial charge in [-0.2, -0.15) is 0 Å². The van der Waals surface area contributed by atoms with Crippen LogP contribution in [0.3, 0.4) is 0 Å². The van der Waals surface area contributed by atoms with Crippen LogP contribution in [-0.2, 0) is 0 Å². The van der Waals surface area contributed by atoms with Crippen molar-refractivity contribution in [2.45, 2.75) is 18.8 Å². The fourth-order valence-electron chi connectivity index (χ4n) is 2.72. The number of rotatable bonds is 1. The highest BCUT2D eigenvalue weighted by molar-refractivity contribution is 4.93. The minimum atomic E-state index is -2.48. The van der Waals surface area contributed by atoms with Crippen molar-refractivity contribution >= 4 is 0 Å². The van der Waals surface area contributed by atoms with E-state index in [4.69, 9.17) is 0 Å².